The maximum Gasteiger partial charge on any atom is 0.0822 e. The average Bonchev–Trinajstić information content (AvgIpc) is 2.92. The molecule has 1 atom stereocenters. The first-order chi connectivity index (χ1) is 9.54. The van der Waals surface area contributed by atoms with Gasteiger partial charge in [0.2, 0.25) is 0 Å². The molecule has 106 valence electrons. The van der Waals surface area contributed by atoms with Gasteiger partial charge in [0.1, 0.15) is 0 Å². The first-order valence-corrected chi connectivity index (χ1v) is 7.53. The lowest BCUT2D eigenvalue weighted by Crippen LogP contribution is -2.54. The van der Waals surface area contributed by atoms with E-state index in [1.165, 1.54) is 4.88 Å². The number of nitrogens with one attached hydrogen (secondary N) is 1. The Morgan fingerprint density at radius 2 is 2.10 bits per heavy atom. The Bertz CT molecular complexity index is 585. The predicted octanol–water partition coefficient (Wildman–Crippen LogP) is 2.20. The number of hydrogen-bond donors (Lipinski definition) is 1. The summed E-state index contributed by atoms with van der Waals surface area (Å²) in [6, 6.07) is 10.9. The molecule has 0 saturated carbocycles. The highest BCUT2D eigenvalue weighted by atomic mass is 35.5. The third kappa shape index (κ3) is 3.20. The molecule has 1 N–H and O–H groups in total. The van der Waals surface area contributed by atoms with E-state index in [0.717, 1.165) is 6.42 Å². The lowest BCUT2D eigenvalue weighted by molar-refractivity contribution is -0.314. The summed E-state index contributed by atoms with van der Waals surface area (Å²) in [5.74, 6) is -1.18. The number of carbonyl (C=O) groups is 1. The van der Waals surface area contributed by atoms with Crippen molar-refractivity contribution >= 4 is 28.9 Å². The number of aliphatic carboxylic acids is 1. The lowest BCUT2D eigenvalue weighted by atomic mass is 9.92. The molecule has 0 bridgehead atoms. The van der Waals surface area contributed by atoms with E-state index >= 15 is 0 Å². The number of carbonyl (C=O) groups excluding carboxylic acids is 1. The van der Waals surface area contributed by atoms with Crippen LogP contribution in [-0.2, 0) is 16.8 Å². The van der Waals surface area contributed by atoms with Crippen LogP contribution in [0.5, 0.6) is 0 Å². The molecule has 1 aromatic carbocycles. The highest BCUT2D eigenvalue weighted by Crippen LogP contribution is 2.27. The Morgan fingerprint density at radius 1 is 1.35 bits per heavy atom. The minimum absolute atomic E-state index is 0.419. The van der Waals surface area contributed by atoms with E-state index in [-0.39, 0.29) is 0 Å². The molecule has 2 rings (SSSR count). The molecule has 20 heavy (non-hydrogen) atoms. The van der Waals surface area contributed by atoms with Crippen molar-refractivity contribution in [1.82, 2.24) is 5.32 Å². The van der Waals surface area contributed by atoms with Gasteiger partial charge in [0.25, 0.3) is 0 Å². The molecule has 0 amide bonds. The van der Waals surface area contributed by atoms with Crippen LogP contribution in [0.15, 0.2) is 41.8 Å². The summed E-state index contributed by atoms with van der Waals surface area (Å²) in [5.41, 5.74) is -0.775. The van der Waals surface area contributed by atoms with Crippen LogP contribution >= 0.6 is 22.9 Å². The zero-order valence-corrected chi connectivity index (χ0v) is 12.6. The fourth-order valence-corrected chi connectivity index (χ4v) is 3.07. The summed E-state index contributed by atoms with van der Waals surface area (Å²) in [6.45, 7) is 2.12. The van der Waals surface area contributed by atoms with E-state index in [4.69, 9.17) is 11.6 Å². The normalized spacial score (nSPS) is 13.9. The number of carboxylic acid groups (broad SMARTS) is 1. The summed E-state index contributed by atoms with van der Waals surface area (Å²) in [6.07, 6.45) is 0.769. The van der Waals surface area contributed by atoms with E-state index in [1.54, 1.807) is 42.5 Å². The SMILES string of the molecule is CC(NCCc1cccs1)(C(=O)[O-])c1ccccc1Cl. The Hall–Kier alpha value is -1.36. The van der Waals surface area contributed by atoms with Gasteiger partial charge in [0.15, 0.2) is 0 Å². The zero-order valence-electron chi connectivity index (χ0n) is 11.1. The zero-order chi connectivity index (χ0) is 14.6. The van der Waals surface area contributed by atoms with Gasteiger partial charge in [-0.05, 0) is 36.4 Å². The molecule has 3 nitrogen and oxygen atoms in total. The monoisotopic (exact) mass is 308 g/mol. The van der Waals surface area contributed by atoms with Gasteiger partial charge in [0, 0.05) is 16.4 Å². The number of thiophene rings is 1. The van der Waals surface area contributed by atoms with Crippen molar-refractivity contribution in [3.8, 4) is 0 Å². The second kappa shape index (κ2) is 6.39. The first kappa shape index (κ1) is 15.0. The third-order valence-electron chi connectivity index (χ3n) is 3.25. The predicted molar refractivity (Wildman–Crippen MR) is 79.8 cm³/mol. The quantitative estimate of drug-likeness (QED) is 0.890. The van der Waals surface area contributed by atoms with Crippen molar-refractivity contribution < 1.29 is 9.90 Å². The molecule has 0 aliphatic carbocycles. The number of carboxylic acids is 1. The Kier molecular flexibility index (Phi) is 4.81. The fraction of sp³-hybridized carbons (Fsp3) is 0.267. The van der Waals surface area contributed by atoms with Crippen LogP contribution in [0, 0.1) is 0 Å². The summed E-state index contributed by atoms with van der Waals surface area (Å²) >= 11 is 7.75. The average molecular weight is 309 g/mol. The van der Waals surface area contributed by atoms with E-state index in [9.17, 15) is 9.90 Å². The topological polar surface area (TPSA) is 52.2 Å². The van der Waals surface area contributed by atoms with Crippen LogP contribution in [0.2, 0.25) is 5.02 Å². The molecule has 1 aromatic heterocycles. The van der Waals surface area contributed by atoms with Gasteiger partial charge < -0.3 is 15.2 Å². The molecule has 5 heteroatoms. The van der Waals surface area contributed by atoms with Crippen molar-refractivity contribution in [1.29, 1.82) is 0 Å². The van der Waals surface area contributed by atoms with Crippen molar-refractivity contribution in [2.45, 2.75) is 18.9 Å². The molecule has 0 fully saturated rings. The fourth-order valence-electron chi connectivity index (χ4n) is 2.03. The highest BCUT2D eigenvalue weighted by molar-refractivity contribution is 7.09. The van der Waals surface area contributed by atoms with Gasteiger partial charge in [-0.2, -0.15) is 0 Å². The van der Waals surface area contributed by atoms with E-state index in [1.807, 2.05) is 17.5 Å². The van der Waals surface area contributed by atoms with Crippen LogP contribution in [0.1, 0.15) is 17.4 Å². The molecule has 1 heterocycles. The standard InChI is InChI=1S/C15H16ClNO2S/c1-15(14(18)19,12-6-2-3-7-13(12)16)17-9-8-11-5-4-10-20-11/h2-7,10,17H,8-9H2,1H3,(H,18,19)/p-1. The largest absolute Gasteiger partial charge is 0.548 e. The van der Waals surface area contributed by atoms with Crippen LogP contribution in [-0.4, -0.2) is 12.5 Å². The van der Waals surface area contributed by atoms with E-state index < -0.39 is 11.5 Å². The summed E-state index contributed by atoms with van der Waals surface area (Å²) in [7, 11) is 0. The number of halogens is 1. The first-order valence-electron chi connectivity index (χ1n) is 6.28. The smallest absolute Gasteiger partial charge is 0.0822 e. The van der Waals surface area contributed by atoms with Crippen molar-refractivity contribution in [2.24, 2.45) is 0 Å². The molecule has 0 radical (unpaired) electrons. The minimum atomic E-state index is -1.30. The molecular formula is C15H15ClNO2S-. The van der Waals surface area contributed by atoms with Crippen molar-refractivity contribution in [3.63, 3.8) is 0 Å². The minimum Gasteiger partial charge on any atom is -0.548 e. The van der Waals surface area contributed by atoms with Gasteiger partial charge in [-0.25, -0.2) is 0 Å². The molecule has 1 unspecified atom stereocenters. The molecule has 0 saturated heterocycles. The van der Waals surface area contributed by atoms with Crippen molar-refractivity contribution in [2.75, 3.05) is 6.54 Å². The van der Waals surface area contributed by atoms with Gasteiger partial charge in [0.05, 0.1) is 11.5 Å². The number of hydrogen-bond acceptors (Lipinski definition) is 4. The third-order valence-corrected chi connectivity index (χ3v) is 4.52. The number of benzene rings is 1. The Balaban J connectivity index is 2.14. The Labute approximate surface area is 127 Å². The van der Waals surface area contributed by atoms with Crippen LogP contribution in [0.25, 0.3) is 0 Å². The summed E-state index contributed by atoms with van der Waals surface area (Å²) in [5, 5.41) is 17.0. The number of rotatable bonds is 6. The maximum absolute atomic E-state index is 11.5. The summed E-state index contributed by atoms with van der Waals surface area (Å²) < 4.78 is 0. The van der Waals surface area contributed by atoms with Gasteiger partial charge in [-0.3, -0.25) is 0 Å². The molecule has 2 aromatic rings. The maximum atomic E-state index is 11.5. The van der Waals surface area contributed by atoms with E-state index in [2.05, 4.69) is 5.32 Å². The molecule has 0 spiro atoms. The van der Waals surface area contributed by atoms with Crippen molar-refractivity contribution in [3.05, 3.63) is 57.2 Å². The van der Waals surface area contributed by atoms with E-state index in [0.29, 0.717) is 17.1 Å². The lowest BCUT2D eigenvalue weighted by Gasteiger charge is -2.33. The van der Waals surface area contributed by atoms with Gasteiger partial charge in [-0.15, -0.1) is 11.3 Å². The molecule has 0 aliphatic rings. The Morgan fingerprint density at radius 3 is 2.70 bits per heavy atom. The molecule has 0 aliphatic heterocycles. The van der Waals surface area contributed by atoms with Crippen LogP contribution in [0.3, 0.4) is 0 Å². The second-order valence-corrected chi connectivity index (χ2v) is 6.09. The highest BCUT2D eigenvalue weighted by Gasteiger charge is 2.29. The second-order valence-electron chi connectivity index (χ2n) is 4.65. The van der Waals surface area contributed by atoms with Crippen LogP contribution in [0.4, 0.5) is 0 Å². The summed E-state index contributed by atoms with van der Waals surface area (Å²) in [4.78, 5) is 12.7. The van der Waals surface area contributed by atoms with Crippen LogP contribution < -0.4 is 10.4 Å². The van der Waals surface area contributed by atoms with Gasteiger partial charge >= 0.3 is 0 Å². The van der Waals surface area contributed by atoms with Gasteiger partial charge in [-0.1, -0.05) is 35.9 Å². The molecular weight excluding hydrogens is 294 g/mol.